The zero-order valence-electron chi connectivity index (χ0n) is 18.8. The van der Waals surface area contributed by atoms with Gasteiger partial charge in [0.05, 0.1) is 12.0 Å². The van der Waals surface area contributed by atoms with Gasteiger partial charge in [0.1, 0.15) is 18.2 Å². The molecule has 0 unspecified atom stereocenters. The summed E-state index contributed by atoms with van der Waals surface area (Å²) in [4.78, 5) is 48.4. The van der Waals surface area contributed by atoms with E-state index < -0.39 is 42.0 Å². The summed E-state index contributed by atoms with van der Waals surface area (Å²) in [6.45, 7) is 5.05. The van der Waals surface area contributed by atoms with Crippen molar-refractivity contribution in [1.82, 2.24) is 10.6 Å². The molecular weight excluding hydrogens is 428 g/mol. The second-order valence-corrected chi connectivity index (χ2v) is 8.27. The third-order valence-electron chi connectivity index (χ3n) is 4.26. The number of carboxylic acids is 1. The summed E-state index contributed by atoms with van der Waals surface area (Å²) in [5, 5.41) is 14.1. The maximum atomic E-state index is 12.7. The number of hydrogen-bond donors (Lipinski definition) is 3. The molecule has 2 aromatic carbocycles. The monoisotopic (exact) mass is 456 g/mol. The fourth-order valence-corrected chi connectivity index (χ4v) is 2.75. The van der Waals surface area contributed by atoms with E-state index in [1.54, 1.807) is 45.0 Å². The zero-order chi connectivity index (χ0) is 24.4. The summed E-state index contributed by atoms with van der Waals surface area (Å²) in [6, 6.07) is 13.9. The van der Waals surface area contributed by atoms with Crippen molar-refractivity contribution in [3.05, 3.63) is 71.3 Å². The third kappa shape index (κ3) is 9.42. The fourth-order valence-electron chi connectivity index (χ4n) is 2.75. The van der Waals surface area contributed by atoms with E-state index in [4.69, 9.17) is 14.6 Å². The van der Waals surface area contributed by atoms with Crippen molar-refractivity contribution >= 4 is 23.9 Å². The minimum absolute atomic E-state index is 0.00547. The molecule has 0 spiro atoms. The first-order chi connectivity index (χ1) is 15.5. The number of nitrogens with one attached hydrogen (secondary N) is 2. The van der Waals surface area contributed by atoms with E-state index >= 15 is 0 Å². The van der Waals surface area contributed by atoms with Gasteiger partial charge in [0.2, 0.25) is 5.91 Å². The Kier molecular flexibility index (Phi) is 8.97. The van der Waals surface area contributed by atoms with Gasteiger partial charge in [0.25, 0.3) is 0 Å². The molecule has 9 heteroatoms. The molecule has 2 rings (SSSR count). The van der Waals surface area contributed by atoms with E-state index in [-0.39, 0.29) is 18.7 Å². The number of carboxylic acid groups (broad SMARTS) is 1. The Bertz CT molecular complexity index is 984. The number of rotatable bonds is 9. The van der Waals surface area contributed by atoms with Crippen LogP contribution in [0.1, 0.15) is 48.7 Å². The Labute approximate surface area is 192 Å². The minimum atomic E-state index is -1.24. The van der Waals surface area contributed by atoms with Gasteiger partial charge in [-0.2, -0.15) is 0 Å². The number of carbonyl (C=O) groups excluding carboxylic acids is 3. The first-order valence-corrected chi connectivity index (χ1v) is 10.3. The predicted molar refractivity (Wildman–Crippen MR) is 119 cm³/mol. The van der Waals surface area contributed by atoms with Crippen molar-refractivity contribution in [2.45, 2.75) is 52.0 Å². The second kappa shape index (κ2) is 11.7. The lowest BCUT2D eigenvalue weighted by Crippen LogP contribution is -2.49. The molecule has 0 saturated heterocycles. The summed E-state index contributed by atoms with van der Waals surface area (Å²) < 4.78 is 10.4. The number of ether oxygens (including phenoxy) is 2. The molecule has 0 aliphatic rings. The van der Waals surface area contributed by atoms with Crippen molar-refractivity contribution in [3.8, 4) is 0 Å². The minimum Gasteiger partial charge on any atom is -0.478 e. The second-order valence-electron chi connectivity index (χ2n) is 8.27. The van der Waals surface area contributed by atoms with Gasteiger partial charge in [-0.05, 0) is 44.0 Å². The number of aromatic carboxylic acids is 1. The molecule has 176 valence electrons. The molecule has 0 heterocycles. The summed E-state index contributed by atoms with van der Waals surface area (Å²) in [5.74, 6) is -2.41. The highest BCUT2D eigenvalue weighted by Crippen LogP contribution is 2.09. The average Bonchev–Trinajstić information content (AvgIpc) is 2.75. The van der Waals surface area contributed by atoms with Crippen LogP contribution < -0.4 is 10.6 Å². The lowest BCUT2D eigenvalue weighted by atomic mass is 10.1. The molecule has 9 nitrogen and oxygen atoms in total. The van der Waals surface area contributed by atoms with E-state index in [1.807, 2.05) is 18.2 Å². The van der Waals surface area contributed by atoms with Crippen LogP contribution in [0.2, 0.25) is 0 Å². The first-order valence-electron chi connectivity index (χ1n) is 10.3. The molecule has 0 fully saturated rings. The highest BCUT2D eigenvalue weighted by molar-refractivity contribution is 5.90. The van der Waals surface area contributed by atoms with E-state index in [2.05, 4.69) is 10.6 Å². The van der Waals surface area contributed by atoms with Crippen molar-refractivity contribution < 1.29 is 33.8 Å². The van der Waals surface area contributed by atoms with Crippen LogP contribution in [0.3, 0.4) is 0 Å². The molecule has 2 aromatic rings. The number of alkyl carbamates (subject to hydrolysis) is 1. The predicted octanol–water partition coefficient (Wildman–Crippen LogP) is 3.03. The van der Waals surface area contributed by atoms with Gasteiger partial charge in [-0.25, -0.2) is 9.59 Å². The smallest absolute Gasteiger partial charge is 0.408 e. The van der Waals surface area contributed by atoms with Crippen molar-refractivity contribution in [1.29, 1.82) is 0 Å². The van der Waals surface area contributed by atoms with Gasteiger partial charge in [-0.3, -0.25) is 9.59 Å². The van der Waals surface area contributed by atoms with Crippen molar-refractivity contribution in [2.24, 2.45) is 0 Å². The molecule has 0 aliphatic heterocycles. The lowest BCUT2D eigenvalue weighted by molar-refractivity contribution is -0.147. The van der Waals surface area contributed by atoms with E-state index in [0.29, 0.717) is 5.56 Å². The highest BCUT2D eigenvalue weighted by atomic mass is 16.6. The quantitative estimate of drug-likeness (QED) is 0.494. The van der Waals surface area contributed by atoms with Crippen LogP contribution in [-0.2, 0) is 32.2 Å². The number of benzene rings is 2. The number of carbonyl (C=O) groups is 4. The molecule has 0 bridgehead atoms. The molecule has 33 heavy (non-hydrogen) atoms. The largest absolute Gasteiger partial charge is 0.478 e. The Morgan fingerprint density at radius 3 is 2.27 bits per heavy atom. The van der Waals surface area contributed by atoms with E-state index in [1.165, 1.54) is 12.1 Å². The van der Waals surface area contributed by atoms with Crippen LogP contribution >= 0.6 is 0 Å². The maximum absolute atomic E-state index is 12.7. The highest BCUT2D eigenvalue weighted by Gasteiger charge is 2.27. The van der Waals surface area contributed by atoms with Crippen LogP contribution in [0.15, 0.2) is 54.6 Å². The van der Waals surface area contributed by atoms with Gasteiger partial charge in [-0.1, -0.05) is 42.5 Å². The van der Waals surface area contributed by atoms with Gasteiger partial charge in [-0.15, -0.1) is 0 Å². The number of hydrogen-bond acceptors (Lipinski definition) is 6. The molecule has 0 radical (unpaired) electrons. The fraction of sp³-hybridized carbons (Fsp3) is 0.333. The molecule has 2 amide bonds. The third-order valence-corrected chi connectivity index (χ3v) is 4.26. The molecule has 0 saturated carbocycles. The standard InChI is InChI=1S/C24H28N2O7/c1-24(2,3)33-23(31)26-19(13-20(27)32-15-16-8-5-4-6-9-16)21(28)25-14-17-10-7-11-18(12-17)22(29)30/h4-12,19H,13-15H2,1-3H3,(H,25,28)(H,26,31)(H,29,30)/t19-/m0/s1. The number of amides is 2. The van der Waals surface area contributed by atoms with Gasteiger partial charge >= 0.3 is 18.0 Å². The molecule has 0 aromatic heterocycles. The lowest BCUT2D eigenvalue weighted by Gasteiger charge is -2.23. The molecule has 3 N–H and O–H groups in total. The van der Waals surface area contributed by atoms with Crippen molar-refractivity contribution in [3.63, 3.8) is 0 Å². The van der Waals surface area contributed by atoms with Gasteiger partial charge < -0.3 is 25.2 Å². The van der Waals surface area contributed by atoms with Crippen LogP contribution in [0.4, 0.5) is 4.79 Å². The normalized spacial score (nSPS) is 11.7. The SMILES string of the molecule is CC(C)(C)OC(=O)N[C@@H](CC(=O)OCc1ccccc1)C(=O)NCc1cccc(C(=O)O)c1. The molecular formula is C24H28N2O7. The van der Waals surface area contributed by atoms with Crippen LogP contribution in [-0.4, -0.2) is 40.7 Å². The first kappa shape index (κ1) is 25.4. The maximum Gasteiger partial charge on any atom is 0.408 e. The van der Waals surface area contributed by atoms with E-state index in [0.717, 1.165) is 5.56 Å². The van der Waals surface area contributed by atoms with Gasteiger partial charge in [0.15, 0.2) is 0 Å². The van der Waals surface area contributed by atoms with Crippen LogP contribution in [0.5, 0.6) is 0 Å². The molecule has 1 atom stereocenters. The number of esters is 1. The van der Waals surface area contributed by atoms with Crippen molar-refractivity contribution in [2.75, 3.05) is 0 Å². The summed E-state index contributed by atoms with van der Waals surface area (Å²) in [7, 11) is 0. The Hall–Kier alpha value is -3.88. The van der Waals surface area contributed by atoms with Gasteiger partial charge in [0, 0.05) is 6.54 Å². The summed E-state index contributed by atoms with van der Waals surface area (Å²) >= 11 is 0. The Morgan fingerprint density at radius 2 is 1.64 bits per heavy atom. The van der Waals surface area contributed by atoms with Crippen LogP contribution in [0, 0.1) is 0 Å². The molecule has 0 aliphatic carbocycles. The average molecular weight is 456 g/mol. The Balaban J connectivity index is 2.02. The van der Waals surface area contributed by atoms with Crippen LogP contribution in [0.25, 0.3) is 0 Å². The summed E-state index contributed by atoms with van der Waals surface area (Å²) in [6.07, 6.45) is -1.26. The topological polar surface area (TPSA) is 131 Å². The zero-order valence-corrected chi connectivity index (χ0v) is 18.8. The summed E-state index contributed by atoms with van der Waals surface area (Å²) in [5.41, 5.74) is 0.613. The Morgan fingerprint density at radius 1 is 0.970 bits per heavy atom. The van der Waals surface area contributed by atoms with E-state index in [9.17, 15) is 19.2 Å².